The maximum atomic E-state index is 5.61. The van der Waals surface area contributed by atoms with Gasteiger partial charge in [0.05, 0.1) is 10.7 Å². The molecule has 100 valence electrons. The van der Waals surface area contributed by atoms with E-state index in [1.165, 1.54) is 55.9 Å². The summed E-state index contributed by atoms with van der Waals surface area (Å²) < 4.78 is 0. The Hall–Kier alpha value is -0.450. The lowest BCUT2D eigenvalue weighted by Crippen LogP contribution is -2.36. The molecule has 4 heteroatoms. The minimum Gasteiger partial charge on any atom is -0.329 e. The van der Waals surface area contributed by atoms with Crippen LogP contribution in [-0.2, 0) is 0 Å². The fourth-order valence-electron chi connectivity index (χ4n) is 2.97. The summed E-state index contributed by atoms with van der Waals surface area (Å²) >= 11 is 1.89. The molecule has 2 fully saturated rings. The molecule has 2 N–H and O–H groups in total. The normalized spacial score (nSPS) is 23.2. The topological polar surface area (TPSA) is 42.1 Å². The fourth-order valence-corrected chi connectivity index (χ4v) is 4.04. The average molecular weight is 265 g/mol. The first-order valence-electron chi connectivity index (χ1n) is 7.24. The number of nitrogens with zero attached hydrogens (tertiary/aromatic N) is 2. The van der Waals surface area contributed by atoms with Crippen LogP contribution in [0.25, 0.3) is 0 Å². The van der Waals surface area contributed by atoms with Crippen molar-refractivity contribution in [2.24, 2.45) is 5.73 Å². The van der Waals surface area contributed by atoms with Crippen LogP contribution in [0.2, 0.25) is 0 Å². The molecule has 2 heterocycles. The Morgan fingerprint density at radius 2 is 2.00 bits per heavy atom. The van der Waals surface area contributed by atoms with Crippen molar-refractivity contribution in [3.8, 4) is 0 Å². The van der Waals surface area contributed by atoms with Crippen LogP contribution in [0.4, 0.5) is 0 Å². The second-order valence-electron chi connectivity index (χ2n) is 5.64. The van der Waals surface area contributed by atoms with Gasteiger partial charge in [-0.3, -0.25) is 0 Å². The van der Waals surface area contributed by atoms with Crippen molar-refractivity contribution in [3.63, 3.8) is 0 Å². The average Bonchev–Trinajstić information content (AvgIpc) is 2.77. The van der Waals surface area contributed by atoms with Crippen LogP contribution >= 0.6 is 11.3 Å². The Labute approximate surface area is 113 Å². The van der Waals surface area contributed by atoms with Gasteiger partial charge in [-0.05, 0) is 38.8 Å². The molecule has 2 aliphatic rings. The summed E-state index contributed by atoms with van der Waals surface area (Å²) in [7, 11) is 0. The number of rotatable bonds is 4. The number of likely N-dealkylation sites (tertiary alicyclic amines) is 1. The molecule has 0 bridgehead atoms. The van der Waals surface area contributed by atoms with E-state index in [1.54, 1.807) is 0 Å². The zero-order chi connectivity index (χ0) is 12.4. The van der Waals surface area contributed by atoms with Gasteiger partial charge in [0.15, 0.2) is 0 Å². The Bertz CT molecular complexity index is 378. The van der Waals surface area contributed by atoms with Gasteiger partial charge in [-0.25, -0.2) is 4.98 Å². The minimum atomic E-state index is 0.698. The first-order valence-corrected chi connectivity index (χ1v) is 8.12. The van der Waals surface area contributed by atoms with Gasteiger partial charge in [-0.2, -0.15) is 0 Å². The van der Waals surface area contributed by atoms with Crippen molar-refractivity contribution in [2.75, 3.05) is 26.2 Å². The second kappa shape index (κ2) is 5.68. The Balaban J connectivity index is 1.57. The summed E-state index contributed by atoms with van der Waals surface area (Å²) in [5.74, 6) is 1.49. The molecule has 1 aromatic rings. The molecule has 3 nitrogen and oxygen atoms in total. The van der Waals surface area contributed by atoms with E-state index in [9.17, 15) is 0 Å². The van der Waals surface area contributed by atoms with E-state index in [0.29, 0.717) is 5.92 Å². The first kappa shape index (κ1) is 12.6. The molecule has 0 amide bonds. The highest BCUT2D eigenvalue weighted by Crippen LogP contribution is 2.39. The van der Waals surface area contributed by atoms with E-state index in [2.05, 4.69) is 10.3 Å². The maximum Gasteiger partial charge on any atom is 0.0959 e. The lowest BCUT2D eigenvalue weighted by molar-refractivity contribution is 0.216. The molecular weight excluding hydrogens is 242 g/mol. The van der Waals surface area contributed by atoms with Crippen molar-refractivity contribution >= 4 is 11.3 Å². The molecular formula is C14H23N3S. The van der Waals surface area contributed by atoms with Gasteiger partial charge in [-0.1, -0.05) is 6.42 Å². The van der Waals surface area contributed by atoms with E-state index in [1.807, 2.05) is 11.3 Å². The van der Waals surface area contributed by atoms with E-state index >= 15 is 0 Å². The van der Waals surface area contributed by atoms with Crippen LogP contribution in [-0.4, -0.2) is 36.1 Å². The molecule has 1 aliphatic carbocycles. The van der Waals surface area contributed by atoms with Gasteiger partial charge >= 0.3 is 0 Å². The van der Waals surface area contributed by atoms with Crippen LogP contribution in [0.1, 0.15) is 54.6 Å². The van der Waals surface area contributed by atoms with Gasteiger partial charge in [-0.15, -0.1) is 11.3 Å². The van der Waals surface area contributed by atoms with E-state index in [0.717, 1.165) is 19.0 Å². The van der Waals surface area contributed by atoms with Crippen molar-refractivity contribution in [1.29, 1.82) is 0 Å². The molecule has 1 saturated carbocycles. The highest BCUT2D eigenvalue weighted by atomic mass is 32.1. The van der Waals surface area contributed by atoms with E-state index in [-0.39, 0.29) is 0 Å². The monoisotopic (exact) mass is 265 g/mol. The van der Waals surface area contributed by atoms with Gasteiger partial charge in [0.2, 0.25) is 0 Å². The quantitative estimate of drug-likeness (QED) is 0.909. The zero-order valence-corrected chi connectivity index (χ0v) is 11.8. The third kappa shape index (κ3) is 2.60. The molecule has 3 rings (SSSR count). The first-order chi connectivity index (χ1) is 8.86. The summed E-state index contributed by atoms with van der Waals surface area (Å²) in [6.45, 7) is 4.22. The standard InChI is InChI=1S/C14H23N3S/c15-6-9-17-7-4-11(5-8-17)13-10-18-14(16-13)12-2-1-3-12/h10-12H,1-9,15H2. The van der Waals surface area contributed by atoms with Crippen LogP contribution in [0.3, 0.4) is 0 Å². The molecule has 1 saturated heterocycles. The number of nitrogens with two attached hydrogens (primary N) is 1. The number of hydrogen-bond donors (Lipinski definition) is 1. The minimum absolute atomic E-state index is 0.698. The van der Waals surface area contributed by atoms with Gasteiger partial charge < -0.3 is 10.6 Å². The predicted octanol–water partition coefficient (Wildman–Crippen LogP) is 2.55. The smallest absolute Gasteiger partial charge is 0.0959 e. The third-order valence-electron chi connectivity index (χ3n) is 4.45. The van der Waals surface area contributed by atoms with Crippen molar-refractivity contribution in [1.82, 2.24) is 9.88 Å². The summed E-state index contributed by atoms with van der Waals surface area (Å²) in [4.78, 5) is 7.38. The zero-order valence-electron chi connectivity index (χ0n) is 11.0. The van der Waals surface area contributed by atoms with Gasteiger partial charge in [0.25, 0.3) is 0 Å². The van der Waals surface area contributed by atoms with Crippen molar-refractivity contribution < 1.29 is 0 Å². The molecule has 1 aromatic heterocycles. The van der Waals surface area contributed by atoms with Gasteiger partial charge in [0.1, 0.15) is 0 Å². The molecule has 0 unspecified atom stereocenters. The molecule has 1 aliphatic heterocycles. The number of aromatic nitrogens is 1. The lowest BCUT2D eigenvalue weighted by atomic mass is 9.86. The van der Waals surface area contributed by atoms with Crippen molar-refractivity contribution in [2.45, 2.75) is 43.9 Å². The molecule has 0 radical (unpaired) electrons. The van der Waals surface area contributed by atoms with E-state index in [4.69, 9.17) is 10.7 Å². The number of hydrogen-bond acceptors (Lipinski definition) is 4. The highest BCUT2D eigenvalue weighted by molar-refractivity contribution is 7.09. The fraction of sp³-hybridized carbons (Fsp3) is 0.786. The molecule has 0 atom stereocenters. The molecule has 0 aromatic carbocycles. The lowest BCUT2D eigenvalue weighted by Gasteiger charge is -2.30. The van der Waals surface area contributed by atoms with Crippen LogP contribution in [0.5, 0.6) is 0 Å². The number of piperidine rings is 1. The number of thiazole rings is 1. The Kier molecular flexibility index (Phi) is 3.97. The van der Waals surface area contributed by atoms with Crippen LogP contribution < -0.4 is 5.73 Å². The molecule has 0 spiro atoms. The predicted molar refractivity (Wildman–Crippen MR) is 76.2 cm³/mol. The summed E-state index contributed by atoms with van der Waals surface area (Å²) in [5.41, 5.74) is 6.98. The largest absolute Gasteiger partial charge is 0.329 e. The van der Waals surface area contributed by atoms with Gasteiger partial charge in [0, 0.05) is 30.3 Å². The summed E-state index contributed by atoms with van der Waals surface area (Å²) in [5, 5.41) is 3.72. The summed E-state index contributed by atoms with van der Waals surface area (Å²) in [6, 6.07) is 0. The Morgan fingerprint density at radius 3 is 2.61 bits per heavy atom. The third-order valence-corrected chi connectivity index (χ3v) is 5.47. The maximum absolute atomic E-state index is 5.61. The van der Waals surface area contributed by atoms with Crippen LogP contribution in [0.15, 0.2) is 5.38 Å². The molecule has 18 heavy (non-hydrogen) atoms. The second-order valence-corrected chi connectivity index (χ2v) is 6.53. The highest BCUT2D eigenvalue weighted by Gasteiger charge is 2.26. The Morgan fingerprint density at radius 1 is 1.22 bits per heavy atom. The van der Waals surface area contributed by atoms with E-state index < -0.39 is 0 Å². The SMILES string of the molecule is NCCN1CCC(c2csc(C3CCC3)n2)CC1. The summed E-state index contributed by atoms with van der Waals surface area (Å²) in [6.07, 6.45) is 6.64. The van der Waals surface area contributed by atoms with Crippen molar-refractivity contribution in [3.05, 3.63) is 16.1 Å². The van der Waals surface area contributed by atoms with Crippen LogP contribution in [0, 0.1) is 0 Å².